The van der Waals surface area contributed by atoms with Crippen molar-refractivity contribution in [2.75, 3.05) is 40.3 Å². The molecule has 7 nitrogen and oxygen atoms in total. The molecule has 1 aromatic carbocycles. The van der Waals surface area contributed by atoms with E-state index in [9.17, 15) is 9.59 Å². The zero-order valence-corrected chi connectivity index (χ0v) is 18.9. The molecule has 1 aliphatic rings. The Kier molecular flexibility index (Phi) is 8.24. The van der Waals surface area contributed by atoms with Crippen molar-refractivity contribution in [3.8, 4) is 6.07 Å². The van der Waals surface area contributed by atoms with Crippen LogP contribution in [0.4, 0.5) is 4.79 Å². The lowest BCUT2D eigenvalue weighted by Crippen LogP contribution is -2.46. The molecule has 1 heterocycles. The molecule has 1 aliphatic heterocycles. The average molecular weight is 415 g/mol. The molecule has 0 spiro atoms. The number of nitriles is 1. The van der Waals surface area contributed by atoms with Gasteiger partial charge in [0, 0.05) is 38.6 Å². The summed E-state index contributed by atoms with van der Waals surface area (Å²) in [5, 5.41) is 8.98. The van der Waals surface area contributed by atoms with Crippen LogP contribution in [0.2, 0.25) is 0 Å². The van der Waals surface area contributed by atoms with E-state index in [0.717, 1.165) is 12.1 Å². The van der Waals surface area contributed by atoms with Gasteiger partial charge in [-0.2, -0.15) is 5.26 Å². The van der Waals surface area contributed by atoms with E-state index in [1.807, 2.05) is 51.9 Å². The van der Waals surface area contributed by atoms with E-state index in [-0.39, 0.29) is 17.9 Å². The Hall–Kier alpha value is -2.59. The summed E-state index contributed by atoms with van der Waals surface area (Å²) >= 11 is 0. The first-order chi connectivity index (χ1) is 14.1. The van der Waals surface area contributed by atoms with Gasteiger partial charge in [-0.25, -0.2) is 4.79 Å². The van der Waals surface area contributed by atoms with E-state index in [1.54, 1.807) is 17.0 Å². The first-order valence-electron chi connectivity index (χ1n) is 10.5. The van der Waals surface area contributed by atoms with E-state index in [1.165, 1.54) is 0 Å². The highest BCUT2D eigenvalue weighted by Crippen LogP contribution is 2.22. The van der Waals surface area contributed by atoms with Gasteiger partial charge in [-0.05, 0) is 65.4 Å². The number of likely N-dealkylation sites (tertiary alicyclic amines) is 1. The number of amides is 2. The molecular weight excluding hydrogens is 380 g/mol. The lowest BCUT2D eigenvalue weighted by Gasteiger charge is -2.35. The highest BCUT2D eigenvalue weighted by Gasteiger charge is 2.32. The third-order valence-corrected chi connectivity index (χ3v) is 5.08. The number of likely N-dealkylation sites (N-methyl/N-ethyl adjacent to an activating group) is 1. The molecule has 30 heavy (non-hydrogen) atoms. The number of nitrogens with zero attached hydrogens (tertiary/aromatic N) is 4. The number of rotatable bonds is 6. The van der Waals surface area contributed by atoms with Gasteiger partial charge in [0.1, 0.15) is 5.60 Å². The van der Waals surface area contributed by atoms with Crippen LogP contribution in [0, 0.1) is 17.2 Å². The van der Waals surface area contributed by atoms with Gasteiger partial charge in [0.05, 0.1) is 11.6 Å². The normalized spacial score (nSPS) is 15.0. The van der Waals surface area contributed by atoms with E-state index < -0.39 is 5.60 Å². The quantitative estimate of drug-likeness (QED) is 0.715. The van der Waals surface area contributed by atoms with Crippen molar-refractivity contribution in [3.63, 3.8) is 0 Å². The maximum Gasteiger partial charge on any atom is 0.410 e. The maximum absolute atomic E-state index is 13.3. The summed E-state index contributed by atoms with van der Waals surface area (Å²) in [5.41, 5.74) is 1.10. The lowest BCUT2D eigenvalue weighted by atomic mass is 9.95. The number of hydrogen-bond acceptors (Lipinski definition) is 5. The number of hydrogen-bond donors (Lipinski definition) is 0. The highest BCUT2D eigenvalue weighted by atomic mass is 16.6. The number of carbonyl (C=O) groups is 2. The Morgan fingerprint density at radius 2 is 1.73 bits per heavy atom. The average Bonchev–Trinajstić information content (AvgIpc) is 2.69. The Morgan fingerprint density at radius 3 is 2.23 bits per heavy atom. The van der Waals surface area contributed by atoms with Crippen LogP contribution in [0.15, 0.2) is 24.3 Å². The molecule has 0 aliphatic carbocycles. The van der Waals surface area contributed by atoms with Crippen molar-refractivity contribution in [3.05, 3.63) is 35.4 Å². The second-order valence-corrected chi connectivity index (χ2v) is 9.11. The minimum absolute atomic E-state index is 0.0933. The predicted molar refractivity (Wildman–Crippen MR) is 116 cm³/mol. The molecule has 0 N–H and O–H groups in total. The van der Waals surface area contributed by atoms with E-state index >= 15 is 0 Å². The molecule has 0 saturated carbocycles. The second-order valence-electron chi connectivity index (χ2n) is 9.11. The summed E-state index contributed by atoms with van der Waals surface area (Å²) in [7, 11) is 3.98. The summed E-state index contributed by atoms with van der Waals surface area (Å²) < 4.78 is 5.45. The summed E-state index contributed by atoms with van der Waals surface area (Å²) in [5.74, 6) is 0.0364. The standard InChI is InChI=1S/C23H34N4O3/c1-23(2,3)30-22(29)26-12-10-20(11-13-26)21(28)27(15-14-25(4)5)17-19-8-6-18(16-24)7-9-19/h6-9,20H,10-15,17H2,1-5H3. The van der Waals surface area contributed by atoms with Gasteiger partial charge in [-0.15, -0.1) is 0 Å². The van der Waals surface area contributed by atoms with Crippen LogP contribution in [-0.4, -0.2) is 72.6 Å². The molecule has 1 fully saturated rings. The maximum atomic E-state index is 13.3. The monoisotopic (exact) mass is 414 g/mol. The van der Waals surface area contributed by atoms with E-state index in [2.05, 4.69) is 11.0 Å². The Bertz CT molecular complexity index is 754. The minimum Gasteiger partial charge on any atom is -0.444 e. The van der Waals surface area contributed by atoms with Gasteiger partial charge in [-0.1, -0.05) is 12.1 Å². The van der Waals surface area contributed by atoms with E-state index in [4.69, 9.17) is 10.00 Å². The Morgan fingerprint density at radius 1 is 1.13 bits per heavy atom. The van der Waals surface area contributed by atoms with Gasteiger partial charge < -0.3 is 19.4 Å². The minimum atomic E-state index is -0.520. The first-order valence-corrected chi connectivity index (χ1v) is 10.5. The van der Waals surface area contributed by atoms with Crippen LogP contribution in [0.25, 0.3) is 0 Å². The molecule has 0 radical (unpaired) electrons. The molecule has 1 saturated heterocycles. The first kappa shape index (κ1) is 23.7. The second kappa shape index (κ2) is 10.4. The third kappa shape index (κ3) is 7.34. The molecule has 0 unspecified atom stereocenters. The summed E-state index contributed by atoms with van der Waals surface area (Å²) in [6, 6.07) is 9.49. The summed E-state index contributed by atoms with van der Waals surface area (Å²) in [6.45, 7) is 8.56. The van der Waals surface area contributed by atoms with Crippen molar-refractivity contribution in [2.45, 2.75) is 45.8 Å². The van der Waals surface area contributed by atoms with Crippen molar-refractivity contribution in [2.24, 2.45) is 5.92 Å². The fourth-order valence-corrected chi connectivity index (χ4v) is 3.39. The lowest BCUT2D eigenvalue weighted by molar-refractivity contribution is -0.138. The van der Waals surface area contributed by atoms with Gasteiger partial charge >= 0.3 is 6.09 Å². The Balaban J connectivity index is 1.99. The molecule has 0 atom stereocenters. The molecule has 2 amide bonds. The van der Waals surface area contributed by atoms with Crippen LogP contribution in [-0.2, 0) is 16.1 Å². The summed E-state index contributed by atoms with van der Waals surface area (Å²) in [6.07, 6.45) is 0.976. The van der Waals surface area contributed by atoms with Gasteiger partial charge in [-0.3, -0.25) is 4.79 Å². The molecule has 0 aromatic heterocycles. The van der Waals surface area contributed by atoms with Crippen molar-refractivity contribution >= 4 is 12.0 Å². The smallest absolute Gasteiger partial charge is 0.410 e. The Labute approximate surface area is 180 Å². The molecule has 0 bridgehead atoms. The summed E-state index contributed by atoms with van der Waals surface area (Å²) in [4.78, 5) is 31.2. The molecule has 7 heteroatoms. The SMILES string of the molecule is CN(C)CCN(Cc1ccc(C#N)cc1)C(=O)C1CCN(C(=O)OC(C)(C)C)CC1. The van der Waals surface area contributed by atoms with Gasteiger partial charge in [0.15, 0.2) is 0 Å². The van der Waals surface area contributed by atoms with Crippen LogP contribution in [0.3, 0.4) is 0 Å². The number of ether oxygens (including phenoxy) is 1. The fourth-order valence-electron chi connectivity index (χ4n) is 3.39. The van der Waals surface area contributed by atoms with Gasteiger partial charge in [0.2, 0.25) is 5.91 Å². The zero-order valence-electron chi connectivity index (χ0n) is 18.9. The molecule has 2 rings (SSSR count). The van der Waals surface area contributed by atoms with Gasteiger partial charge in [0.25, 0.3) is 0 Å². The molecule has 1 aromatic rings. The largest absolute Gasteiger partial charge is 0.444 e. The van der Waals surface area contributed by atoms with E-state index in [0.29, 0.717) is 44.6 Å². The third-order valence-electron chi connectivity index (χ3n) is 5.08. The molecular formula is C23H34N4O3. The van der Waals surface area contributed by atoms with Crippen molar-refractivity contribution in [1.82, 2.24) is 14.7 Å². The highest BCUT2D eigenvalue weighted by molar-refractivity contribution is 5.79. The topological polar surface area (TPSA) is 76.9 Å². The van der Waals surface area contributed by atoms with Crippen molar-refractivity contribution in [1.29, 1.82) is 5.26 Å². The zero-order chi connectivity index (χ0) is 22.3. The number of benzene rings is 1. The number of piperidine rings is 1. The van der Waals surface area contributed by atoms with Crippen LogP contribution < -0.4 is 0 Å². The van der Waals surface area contributed by atoms with Crippen LogP contribution in [0.1, 0.15) is 44.7 Å². The predicted octanol–water partition coefficient (Wildman–Crippen LogP) is 3.10. The molecule has 164 valence electrons. The van der Waals surface area contributed by atoms with Crippen LogP contribution >= 0.6 is 0 Å². The number of carbonyl (C=O) groups excluding carboxylic acids is 2. The van der Waals surface area contributed by atoms with Crippen LogP contribution in [0.5, 0.6) is 0 Å². The van der Waals surface area contributed by atoms with Crippen molar-refractivity contribution < 1.29 is 14.3 Å². The fraction of sp³-hybridized carbons (Fsp3) is 0.609.